The lowest BCUT2D eigenvalue weighted by Gasteiger charge is -2.12. The highest BCUT2D eigenvalue weighted by Gasteiger charge is 2.13. The second kappa shape index (κ2) is 7.07. The van der Waals surface area contributed by atoms with E-state index in [1.54, 1.807) is 24.3 Å². The molecule has 0 aliphatic carbocycles. The van der Waals surface area contributed by atoms with Crippen LogP contribution in [0.15, 0.2) is 52.9 Å². The van der Waals surface area contributed by atoms with Gasteiger partial charge in [0.25, 0.3) is 5.91 Å². The summed E-state index contributed by atoms with van der Waals surface area (Å²) in [5, 5.41) is 4.37. The average Bonchev–Trinajstić information content (AvgIpc) is 2.96. The molecule has 124 valence electrons. The molecule has 3 rings (SSSR count). The van der Waals surface area contributed by atoms with E-state index < -0.39 is 0 Å². The molecular weight excluding hydrogens is 324 g/mol. The molecule has 0 radical (unpaired) electrons. The minimum absolute atomic E-state index is 0.227. The van der Waals surface area contributed by atoms with Crippen molar-refractivity contribution in [1.82, 2.24) is 5.32 Å². The highest BCUT2D eigenvalue weighted by atomic mass is 35.5. The molecule has 1 heterocycles. The van der Waals surface area contributed by atoms with Crippen molar-refractivity contribution >= 4 is 28.5 Å². The molecule has 0 saturated heterocycles. The van der Waals surface area contributed by atoms with Crippen molar-refractivity contribution < 1.29 is 14.1 Å². The second-order valence-corrected chi connectivity index (χ2v) is 6.56. The van der Waals surface area contributed by atoms with E-state index in [1.165, 1.54) is 10.5 Å². The van der Waals surface area contributed by atoms with Crippen LogP contribution in [0.1, 0.15) is 21.7 Å². The summed E-state index contributed by atoms with van der Waals surface area (Å²) in [7, 11) is 4.21. The normalized spacial score (nSPS) is 11.2. The molecule has 1 amide bonds. The summed E-state index contributed by atoms with van der Waals surface area (Å²) in [6.45, 7) is 1.38. The number of hydrogen-bond acceptors (Lipinski definition) is 2. The molecule has 2 N–H and O–H groups in total. The topological polar surface area (TPSA) is 46.7 Å². The van der Waals surface area contributed by atoms with Crippen molar-refractivity contribution in [3.63, 3.8) is 0 Å². The number of carbonyl (C=O) groups excluding carboxylic acids is 1. The van der Waals surface area contributed by atoms with Gasteiger partial charge < -0.3 is 14.6 Å². The fraction of sp³-hybridized carbons (Fsp3) is 0.211. The summed E-state index contributed by atoms with van der Waals surface area (Å²) in [6.07, 6.45) is 0. The van der Waals surface area contributed by atoms with Gasteiger partial charge in [-0.15, -0.1) is 0 Å². The van der Waals surface area contributed by atoms with E-state index in [0.29, 0.717) is 22.9 Å². The number of halogens is 1. The number of benzene rings is 2. The zero-order valence-corrected chi connectivity index (χ0v) is 14.5. The Bertz CT molecular complexity index is 871. The van der Waals surface area contributed by atoms with Gasteiger partial charge in [0.05, 0.1) is 14.1 Å². The first-order chi connectivity index (χ1) is 11.5. The van der Waals surface area contributed by atoms with Gasteiger partial charge in [-0.3, -0.25) is 4.79 Å². The van der Waals surface area contributed by atoms with Crippen LogP contribution in [0.5, 0.6) is 0 Å². The molecule has 0 fully saturated rings. The van der Waals surface area contributed by atoms with Gasteiger partial charge in [-0.1, -0.05) is 35.9 Å². The van der Waals surface area contributed by atoms with Crippen molar-refractivity contribution in [3.8, 4) is 0 Å². The van der Waals surface area contributed by atoms with Gasteiger partial charge >= 0.3 is 0 Å². The summed E-state index contributed by atoms with van der Waals surface area (Å²) >= 11 is 5.96. The van der Waals surface area contributed by atoms with Crippen molar-refractivity contribution in [2.75, 3.05) is 14.1 Å². The first-order valence-corrected chi connectivity index (χ1v) is 8.24. The summed E-state index contributed by atoms with van der Waals surface area (Å²) in [4.78, 5) is 13.7. The van der Waals surface area contributed by atoms with E-state index in [0.717, 1.165) is 17.5 Å². The predicted octanol–water partition coefficient (Wildman–Crippen LogP) is 2.66. The Morgan fingerprint density at radius 1 is 1.12 bits per heavy atom. The van der Waals surface area contributed by atoms with E-state index in [9.17, 15) is 4.79 Å². The van der Waals surface area contributed by atoms with Gasteiger partial charge in [-0.05, 0) is 29.8 Å². The maximum atomic E-state index is 12.4. The number of fused-ring (bicyclic) bond motifs is 1. The molecule has 0 unspecified atom stereocenters. The van der Waals surface area contributed by atoms with Crippen LogP contribution in [0.4, 0.5) is 0 Å². The zero-order chi connectivity index (χ0) is 17.1. The van der Waals surface area contributed by atoms with Gasteiger partial charge in [0.15, 0.2) is 5.76 Å². The van der Waals surface area contributed by atoms with Crippen LogP contribution in [0.3, 0.4) is 0 Å². The largest absolute Gasteiger partial charge is 0.451 e. The van der Waals surface area contributed by atoms with Crippen LogP contribution in [-0.2, 0) is 13.1 Å². The SMILES string of the molecule is C[NH+](C)Cc1ccccc1CNC(=O)c1cc2cc(Cl)ccc2o1. The Balaban J connectivity index is 1.73. The molecule has 0 aliphatic heterocycles. The third kappa shape index (κ3) is 3.78. The molecule has 0 bridgehead atoms. The Kier molecular flexibility index (Phi) is 4.88. The molecule has 4 nitrogen and oxygen atoms in total. The molecule has 0 aliphatic rings. The molecule has 1 aromatic heterocycles. The first-order valence-electron chi connectivity index (χ1n) is 7.86. The average molecular weight is 344 g/mol. The standard InChI is InChI=1S/C19H19ClN2O2/c1-22(2)12-14-6-4-3-5-13(14)11-21-19(23)18-10-15-9-16(20)7-8-17(15)24-18/h3-10H,11-12H2,1-2H3,(H,21,23)/p+1. The Hall–Kier alpha value is -2.30. The van der Waals surface area contributed by atoms with Gasteiger partial charge in [-0.25, -0.2) is 0 Å². The van der Waals surface area contributed by atoms with Crippen molar-refractivity contribution in [1.29, 1.82) is 0 Å². The number of quaternary nitrogens is 1. The smallest absolute Gasteiger partial charge is 0.287 e. The molecule has 0 atom stereocenters. The van der Waals surface area contributed by atoms with Crippen LogP contribution >= 0.6 is 11.6 Å². The van der Waals surface area contributed by atoms with Crippen LogP contribution in [0, 0.1) is 0 Å². The van der Waals surface area contributed by atoms with Gasteiger partial charge in [0.1, 0.15) is 12.1 Å². The molecule has 24 heavy (non-hydrogen) atoms. The van der Waals surface area contributed by atoms with Gasteiger partial charge in [0, 0.05) is 22.5 Å². The van der Waals surface area contributed by atoms with E-state index in [-0.39, 0.29) is 5.91 Å². The minimum atomic E-state index is -0.227. The van der Waals surface area contributed by atoms with E-state index in [1.807, 2.05) is 18.2 Å². The highest BCUT2D eigenvalue weighted by Crippen LogP contribution is 2.23. The van der Waals surface area contributed by atoms with Crippen LogP contribution in [-0.4, -0.2) is 20.0 Å². The molecule has 2 aromatic carbocycles. The quantitative estimate of drug-likeness (QED) is 0.748. The molecule has 3 aromatic rings. The lowest BCUT2D eigenvalue weighted by molar-refractivity contribution is -0.872. The summed E-state index contributed by atoms with van der Waals surface area (Å²) in [5.74, 6) is 0.0670. The lowest BCUT2D eigenvalue weighted by Crippen LogP contribution is -3.04. The molecule has 0 saturated carbocycles. The maximum Gasteiger partial charge on any atom is 0.287 e. The number of rotatable bonds is 5. The number of carbonyl (C=O) groups is 1. The maximum absolute atomic E-state index is 12.4. The fourth-order valence-electron chi connectivity index (χ4n) is 2.67. The van der Waals surface area contributed by atoms with Crippen molar-refractivity contribution in [2.24, 2.45) is 0 Å². The Morgan fingerprint density at radius 3 is 2.62 bits per heavy atom. The number of hydrogen-bond donors (Lipinski definition) is 2. The highest BCUT2D eigenvalue weighted by molar-refractivity contribution is 6.31. The summed E-state index contributed by atoms with van der Waals surface area (Å²) in [6, 6.07) is 15.2. The number of amides is 1. The lowest BCUT2D eigenvalue weighted by atomic mass is 10.1. The molecular formula is C19H20ClN2O2+. The second-order valence-electron chi connectivity index (χ2n) is 6.13. The van der Waals surface area contributed by atoms with Crippen LogP contribution < -0.4 is 10.2 Å². The predicted molar refractivity (Wildman–Crippen MR) is 95.4 cm³/mol. The molecule has 0 spiro atoms. The summed E-state index contributed by atoms with van der Waals surface area (Å²) in [5.41, 5.74) is 3.00. The van der Waals surface area contributed by atoms with Gasteiger partial charge in [-0.2, -0.15) is 0 Å². The zero-order valence-electron chi connectivity index (χ0n) is 13.7. The van der Waals surface area contributed by atoms with Crippen LogP contribution in [0.25, 0.3) is 11.0 Å². The molecule has 5 heteroatoms. The van der Waals surface area contributed by atoms with Crippen LogP contribution in [0.2, 0.25) is 5.02 Å². The Morgan fingerprint density at radius 2 is 1.88 bits per heavy atom. The van der Waals surface area contributed by atoms with Crippen molar-refractivity contribution in [2.45, 2.75) is 13.1 Å². The first kappa shape index (κ1) is 16.6. The third-order valence-corrected chi connectivity index (χ3v) is 4.04. The minimum Gasteiger partial charge on any atom is -0.451 e. The van der Waals surface area contributed by atoms with Crippen molar-refractivity contribution in [3.05, 3.63) is 70.4 Å². The fourth-order valence-corrected chi connectivity index (χ4v) is 2.85. The van der Waals surface area contributed by atoms with Gasteiger partial charge in [0.2, 0.25) is 0 Å². The van der Waals surface area contributed by atoms with E-state index in [4.69, 9.17) is 16.0 Å². The monoisotopic (exact) mass is 343 g/mol. The van der Waals surface area contributed by atoms with E-state index >= 15 is 0 Å². The number of furan rings is 1. The summed E-state index contributed by atoms with van der Waals surface area (Å²) < 4.78 is 5.59. The number of nitrogens with one attached hydrogen (secondary N) is 2. The van der Waals surface area contributed by atoms with E-state index in [2.05, 4.69) is 25.5 Å². The Labute approximate surface area is 146 Å². The third-order valence-electron chi connectivity index (χ3n) is 3.80.